The van der Waals surface area contributed by atoms with Crippen molar-refractivity contribution in [1.82, 2.24) is 9.55 Å². The molecule has 0 spiro atoms. The van der Waals surface area contributed by atoms with Gasteiger partial charge in [0.2, 0.25) is 0 Å². The summed E-state index contributed by atoms with van der Waals surface area (Å²) in [5.41, 5.74) is -2.12. The Kier molecular flexibility index (Phi) is 3.39. The second kappa shape index (κ2) is 5.38. The molecule has 9 heteroatoms. The largest absolute Gasteiger partial charge is 0.478 e. The zero-order valence-electron chi connectivity index (χ0n) is 12.8. The van der Waals surface area contributed by atoms with Crippen molar-refractivity contribution in [1.29, 1.82) is 0 Å². The Morgan fingerprint density at radius 3 is 2.80 bits per heavy atom. The lowest BCUT2D eigenvalue weighted by atomic mass is 9.85. The number of aliphatic hydroxyl groups is 2. The smallest absolute Gasteiger partial charge is 0.336 e. The van der Waals surface area contributed by atoms with Gasteiger partial charge >= 0.3 is 12.0 Å². The molecule has 9 nitrogen and oxygen atoms in total. The van der Waals surface area contributed by atoms with E-state index in [1.165, 1.54) is 29.0 Å². The first kappa shape index (κ1) is 15.8. The molecule has 3 N–H and O–H groups in total. The van der Waals surface area contributed by atoms with Gasteiger partial charge in [0.15, 0.2) is 12.3 Å². The summed E-state index contributed by atoms with van der Waals surface area (Å²) < 4.78 is 12.9. The van der Waals surface area contributed by atoms with Crippen molar-refractivity contribution < 1.29 is 29.6 Å². The molecule has 0 bridgehead atoms. The van der Waals surface area contributed by atoms with E-state index in [0.717, 1.165) is 0 Å². The summed E-state index contributed by atoms with van der Waals surface area (Å²) in [6.07, 6.45) is -1.76. The summed E-state index contributed by atoms with van der Waals surface area (Å²) in [7, 11) is 0. The van der Waals surface area contributed by atoms with Crippen molar-refractivity contribution in [3.05, 3.63) is 58.0 Å². The molecule has 3 heterocycles. The first-order valence-electron chi connectivity index (χ1n) is 7.53. The fraction of sp³-hybridized carbons (Fsp3) is 0.312. The van der Waals surface area contributed by atoms with Crippen molar-refractivity contribution >= 4 is 5.97 Å². The lowest BCUT2D eigenvalue weighted by Gasteiger charge is -2.32. The SMILES string of the molecule is O=C(O)c1ccccc1C1(CO)OC2C(Oc3nc(=O)ccn32)C1O. The van der Waals surface area contributed by atoms with Gasteiger partial charge in [-0.25, -0.2) is 4.79 Å². The molecular formula is C16H14N2O7. The lowest BCUT2D eigenvalue weighted by Crippen LogP contribution is -2.46. The molecule has 25 heavy (non-hydrogen) atoms. The summed E-state index contributed by atoms with van der Waals surface area (Å²) >= 11 is 0. The van der Waals surface area contributed by atoms with Crippen LogP contribution in [-0.2, 0) is 10.3 Å². The average Bonchev–Trinajstić information content (AvgIpc) is 3.09. The Morgan fingerprint density at radius 1 is 1.32 bits per heavy atom. The standard InChI is InChI=1S/C16H14N2O7/c19-7-16(9-4-2-1-3-8(9)14(22)23)12(21)11-13(25-16)18-6-5-10(20)17-15(18)24-11/h1-6,11-13,19,21H,7H2,(H,22,23). The van der Waals surface area contributed by atoms with E-state index < -0.39 is 42.2 Å². The van der Waals surface area contributed by atoms with Gasteiger partial charge in [0, 0.05) is 17.8 Å². The Hall–Kier alpha value is -2.75. The number of aromatic nitrogens is 2. The molecule has 2 aromatic rings. The van der Waals surface area contributed by atoms with Gasteiger partial charge in [0.1, 0.15) is 11.7 Å². The topological polar surface area (TPSA) is 131 Å². The molecule has 0 aliphatic carbocycles. The first-order valence-corrected chi connectivity index (χ1v) is 7.53. The maximum absolute atomic E-state index is 11.5. The van der Waals surface area contributed by atoms with Crippen molar-refractivity contribution in [2.75, 3.05) is 6.61 Å². The number of fused-ring (bicyclic) bond motifs is 3. The number of carboxylic acids is 1. The van der Waals surface area contributed by atoms with Crippen LogP contribution in [0.15, 0.2) is 41.3 Å². The van der Waals surface area contributed by atoms with Crippen molar-refractivity contribution in [2.24, 2.45) is 0 Å². The maximum atomic E-state index is 11.5. The predicted octanol–water partition coefficient (Wildman–Crippen LogP) is -0.520. The molecule has 4 rings (SSSR count). The molecule has 2 aliphatic heterocycles. The normalized spacial score (nSPS) is 29.8. The molecule has 0 amide bonds. The lowest BCUT2D eigenvalue weighted by molar-refractivity contribution is -0.134. The van der Waals surface area contributed by atoms with Gasteiger partial charge in [-0.1, -0.05) is 18.2 Å². The Labute approximate surface area is 140 Å². The minimum atomic E-state index is -1.68. The summed E-state index contributed by atoms with van der Waals surface area (Å²) in [5, 5.41) is 30.2. The van der Waals surface area contributed by atoms with Gasteiger partial charge in [-0.05, 0) is 6.07 Å². The number of aliphatic hydroxyl groups excluding tert-OH is 2. The van der Waals surface area contributed by atoms with Crippen molar-refractivity contribution in [2.45, 2.75) is 24.0 Å². The van der Waals surface area contributed by atoms with Crippen LogP contribution in [0.25, 0.3) is 0 Å². The fourth-order valence-electron chi connectivity index (χ4n) is 3.39. The highest BCUT2D eigenvalue weighted by Gasteiger charge is 2.61. The van der Waals surface area contributed by atoms with Gasteiger partial charge in [-0.15, -0.1) is 0 Å². The van der Waals surface area contributed by atoms with E-state index in [2.05, 4.69) is 4.98 Å². The highest BCUT2D eigenvalue weighted by molar-refractivity contribution is 5.89. The van der Waals surface area contributed by atoms with E-state index >= 15 is 0 Å². The van der Waals surface area contributed by atoms with Gasteiger partial charge in [-0.3, -0.25) is 9.36 Å². The Morgan fingerprint density at radius 2 is 2.08 bits per heavy atom. The highest BCUT2D eigenvalue weighted by atomic mass is 16.6. The molecule has 1 aromatic heterocycles. The van der Waals surface area contributed by atoms with Gasteiger partial charge in [0.25, 0.3) is 5.56 Å². The number of carboxylic acid groups (broad SMARTS) is 1. The second-order valence-electron chi connectivity index (χ2n) is 5.89. The molecular weight excluding hydrogens is 332 g/mol. The van der Waals surface area contributed by atoms with Crippen LogP contribution < -0.4 is 10.3 Å². The van der Waals surface area contributed by atoms with Crippen LogP contribution in [0.3, 0.4) is 0 Å². The van der Waals surface area contributed by atoms with Crippen LogP contribution in [-0.4, -0.2) is 49.7 Å². The minimum absolute atomic E-state index is 0.000362. The van der Waals surface area contributed by atoms with E-state index in [1.54, 1.807) is 12.1 Å². The minimum Gasteiger partial charge on any atom is -0.478 e. The molecule has 1 fully saturated rings. The average molecular weight is 346 g/mol. The van der Waals surface area contributed by atoms with Crippen LogP contribution in [0.5, 0.6) is 6.01 Å². The predicted molar refractivity (Wildman–Crippen MR) is 81.2 cm³/mol. The third-order valence-corrected chi connectivity index (χ3v) is 4.57. The quantitative estimate of drug-likeness (QED) is 0.677. The van der Waals surface area contributed by atoms with E-state index in [-0.39, 0.29) is 17.1 Å². The Bertz CT molecular complexity index is 911. The van der Waals surface area contributed by atoms with E-state index in [9.17, 15) is 24.9 Å². The number of rotatable bonds is 3. The van der Waals surface area contributed by atoms with Gasteiger partial charge < -0.3 is 24.8 Å². The summed E-state index contributed by atoms with van der Waals surface area (Å²) in [6.45, 7) is -0.655. The van der Waals surface area contributed by atoms with Crippen LogP contribution in [0.4, 0.5) is 0 Å². The molecule has 0 saturated carbocycles. The molecule has 0 radical (unpaired) electrons. The zero-order valence-corrected chi connectivity index (χ0v) is 12.8. The van der Waals surface area contributed by atoms with Crippen LogP contribution in [0.1, 0.15) is 22.1 Å². The third kappa shape index (κ3) is 2.10. The number of carbonyl (C=O) groups is 1. The number of hydrogen-bond donors (Lipinski definition) is 3. The van der Waals surface area contributed by atoms with Gasteiger partial charge in [0.05, 0.1) is 12.2 Å². The number of hydrogen-bond acceptors (Lipinski definition) is 7. The molecule has 4 unspecified atom stereocenters. The van der Waals surface area contributed by atoms with Gasteiger partial charge in [-0.2, -0.15) is 4.98 Å². The Balaban J connectivity index is 1.83. The molecule has 4 atom stereocenters. The first-order chi connectivity index (χ1) is 12.0. The summed E-state index contributed by atoms with van der Waals surface area (Å²) in [4.78, 5) is 26.6. The molecule has 130 valence electrons. The van der Waals surface area contributed by atoms with Crippen LogP contribution >= 0.6 is 0 Å². The molecule has 1 saturated heterocycles. The molecule has 1 aromatic carbocycles. The number of ether oxygens (including phenoxy) is 2. The fourth-order valence-corrected chi connectivity index (χ4v) is 3.39. The maximum Gasteiger partial charge on any atom is 0.336 e. The molecule has 2 aliphatic rings. The number of nitrogens with zero attached hydrogens (tertiary/aromatic N) is 2. The second-order valence-corrected chi connectivity index (χ2v) is 5.89. The summed E-state index contributed by atoms with van der Waals surface area (Å²) in [5.74, 6) is -1.21. The number of benzene rings is 1. The van der Waals surface area contributed by atoms with E-state index in [1.807, 2.05) is 0 Å². The van der Waals surface area contributed by atoms with Crippen molar-refractivity contribution in [3.8, 4) is 6.01 Å². The summed E-state index contributed by atoms with van der Waals surface area (Å²) in [6, 6.07) is 7.20. The van der Waals surface area contributed by atoms with Crippen molar-refractivity contribution in [3.63, 3.8) is 0 Å². The number of aromatic carboxylic acids is 1. The third-order valence-electron chi connectivity index (χ3n) is 4.57. The zero-order chi connectivity index (χ0) is 17.8. The van der Waals surface area contributed by atoms with Crippen LogP contribution in [0.2, 0.25) is 0 Å². The van der Waals surface area contributed by atoms with Crippen LogP contribution in [0, 0.1) is 0 Å². The monoisotopic (exact) mass is 346 g/mol. The highest BCUT2D eigenvalue weighted by Crippen LogP contribution is 2.49. The van der Waals surface area contributed by atoms with E-state index in [0.29, 0.717) is 0 Å². The van der Waals surface area contributed by atoms with E-state index in [4.69, 9.17) is 9.47 Å².